The Balaban J connectivity index is 1.59. The van der Waals surface area contributed by atoms with Gasteiger partial charge in [0.1, 0.15) is 0 Å². The lowest BCUT2D eigenvalue weighted by atomic mass is 9.66. The normalized spacial score (nSPS) is 40.0. The first-order valence-corrected chi connectivity index (χ1v) is 8.11. The molecule has 3 atom stereocenters. The molecule has 2 bridgehead atoms. The molecule has 0 aromatic carbocycles. The number of carbonyl (C=O) groups excluding carboxylic acids is 1. The van der Waals surface area contributed by atoms with Crippen LogP contribution in [0, 0.1) is 5.92 Å². The highest BCUT2D eigenvalue weighted by Gasteiger charge is 2.54. The molecule has 3 aliphatic heterocycles. The summed E-state index contributed by atoms with van der Waals surface area (Å²) in [7, 11) is 0. The molecule has 4 heteroatoms. The summed E-state index contributed by atoms with van der Waals surface area (Å²) < 4.78 is 6.32. The zero-order valence-corrected chi connectivity index (χ0v) is 13.1. The van der Waals surface area contributed by atoms with Crippen LogP contribution in [0.25, 0.3) is 0 Å². The van der Waals surface area contributed by atoms with E-state index in [-0.39, 0.29) is 23.2 Å². The first-order chi connectivity index (χ1) is 9.39. The summed E-state index contributed by atoms with van der Waals surface area (Å²) in [6, 6.07) is 0.185. The zero-order chi connectivity index (χ0) is 14.4. The van der Waals surface area contributed by atoms with E-state index in [0.717, 1.165) is 25.9 Å². The van der Waals surface area contributed by atoms with Crippen LogP contribution in [-0.4, -0.2) is 47.7 Å². The fourth-order valence-corrected chi connectivity index (χ4v) is 4.32. The van der Waals surface area contributed by atoms with Crippen molar-refractivity contribution in [1.82, 2.24) is 10.2 Å². The summed E-state index contributed by atoms with van der Waals surface area (Å²) in [5.41, 5.74) is -0.220. The Morgan fingerprint density at radius 1 is 1.30 bits per heavy atom. The van der Waals surface area contributed by atoms with E-state index in [1.54, 1.807) is 0 Å². The van der Waals surface area contributed by atoms with Gasteiger partial charge in [0.25, 0.3) is 0 Å². The van der Waals surface area contributed by atoms with Crippen LogP contribution in [0.4, 0.5) is 0 Å². The van der Waals surface area contributed by atoms with Gasteiger partial charge < -0.3 is 10.1 Å². The third kappa shape index (κ3) is 2.60. The SMILES string of the molecule is CC1(C)OC2(C)CCC1CC2NC(=O)CN1CCCC1. The molecule has 0 aromatic heterocycles. The van der Waals surface area contributed by atoms with Crippen molar-refractivity contribution < 1.29 is 9.53 Å². The van der Waals surface area contributed by atoms with Crippen molar-refractivity contribution in [2.45, 2.75) is 70.1 Å². The predicted molar refractivity (Wildman–Crippen MR) is 78.5 cm³/mol. The van der Waals surface area contributed by atoms with Crippen molar-refractivity contribution in [3.8, 4) is 0 Å². The predicted octanol–water partition coefficient (Wildman–Crippen LogP) is 1.93. The molecule has 3 saturated heterocycles. The van der Waals surface area contributed by atoms with Crippen molar-refractivity contribution in [3.63, 3.8) is 0 Å². The Morgan fingerprint density at radius 3 is 2.60 bits per heavy atom. The highest BCUT2D eigenvalue weighted by atomic mass is 16.5. The maximum Gasteiger partial charge on any atom is 0.234 e. The minimum Gasteiger partial charge on any atom is -0.367 e. The highest BCUT2D eigenvalue weighted by molar-refractivity contribution is 5.78. The lowest BCUT2D eigenvalue weighted by Crippen LogP contribution is -2.66. The molecule has 20 heavy (non-hydrogen) atoms. The molecule has 3 heterocycles. The molecule has 114 valence electrons. The van der Waals surface area contributed by atoms with Crippen LogP contribution in [-0.2, 0) is 9.53 Å². The Morgan fingerprint density at radius 2 is 2.00 bits per heavy atom. The van der Waals surface area contributed by atoms with Crippen molar-refractivity contribution in [2.24, 2.45) is 5.92 Å². The maximum absolute atomic E-state index is 12.2. The molecule has 3 unspecified atom stereocenters. The maximum atomic E-state index is 12.2. The quantitative estimate of drug-likeness (QED) is 0.859. The van der Waals surface area contributed by atoms with Crippen LogP contribution in [0.2, 0.25) is 0 Å². The van der Waals surface area contributed by atoms with Gasteiger partial charge >= 0.3 is 0 Å². The number of hydrogen-bond donors (Lipinski definition) is 1. The van der Waals surface area contributed by atoms with E-state index in [0.29, 0.717) is 12.5 Å². The first kappa shape index (κ1) is 14.3. The Hall–Kier alpha value is -0.610. The first-order valence-electron chi connectivity index (χ1n) is 8.11. The Bertz CT molecular complexity index is 390. The van der Waals surface area contributed by atoms with Crippen LogP contribution in [0.3, 0.4) is 0 Å². The molecule has 0 radical (unpaired) electrons. The summed E-state index contributed by atoms with van der Waals surface area (Å²) in [5, 5.41) is 3.25. The second-order valence-corrected chi connectivity index (χ2v) is 7.59. The van der Waals surface area contributed by atoms with Gasteiger partial charge in [-0.15, -0.1) is 0 Å². The minimum atomic E-state index is -0.182. The number of nitrogens with zero attached hydrogens (tertiary/aromatic N) is 1. The third-order valence-corrected chi connectivity index (χ3v) is 5.63. The van der Waals surface area contributed by atoms with Crippen LogP contribution in [0.5, 0.6) is 0 Å². The molecule has 0 aromatic rings. The fourth-order valence-electron chi connectivity index (χ4n) is 4.32. The van der Waals surface area contributed by atoms with Gasteiger partial charge in [-0.25, -0.2) is 0 Å². The zero-order valence-electron chi connectivity index (χ0n) is 13.1. The third-order valence-electron chi connectivity index (χ3n) is 5.63. The lowest BCUT2D eigenvalue weighted by Gasteiger charge is -2.57. The smallest absolute Gasteiger partial charge is 0.234 e. The molecule has 1 amide bonds. The molecular formula is C16H28N2O2. The molecule has 1 N–H and O–H groups in total. The molecule has 1 aliphatic carbocycles. The van der Waals surface area contributed by atoms with Gasteiger partial charge in [-0.3, -0.25) is 9.69 Å². The van der Waals surface area contributed by atoms with E-state index < -0.39 is 0 Å². The standard InChI is InChI=1S/C16H28N2O2/c1-15(2)12-6-7-16(3,20-15)13(10-12)17-14(19)11-18-8-4-5-9-18/h12-13H,4-11H2,1-3H3,(H,17,19). The van der Waals surface area contributed by atoms with Crippen molar-refractivity contribution in [2.75, 3.05) is 19.6 Å². The average Bonchev–Trinajstić information content (AvgIpc) is 2.82. The van der Waals surface area contributed by atoms with Gasteiger partial charge in [0.05, 0.1) is 23.8 Å². The van der Waals surface area contributed by atoms with Gasteiger partial charge in [-0.2, -0.15) is 0 Å². The van der Waals surface area contributed by atoms with Gasteiger partial charge in [0.15, 0.2) is 0 Å². The molecule has 4 fully saturated rings. The largest absolute Gasteiger partial charge is 0.367 e. The number of carbonyl (C=O) groups is 1. The Labute approximate surface area is 122 Å². The summed E-state index contributed by atoms with van der Waals surface area (Å²) >= 11 is 0. The molecule has 4 aliphatic rings. The monoisotopic (exact) mass is 280 g/mol. The van der Waals surface area contributed by atoms with Crippen molar-refractivity contribution >= 4 is 5.91 Å². The van der Waals surface area contributed by atoms with Crippen molar-refractivity contribution in [1.29, 1.82) is 0 Å². The van der Waals surface area contributed by atoms with Gasteiger partial charge in [-0.1, -0.05) is 0 Å². The van der Waals surface area contributed by atoms with E-state index >= 15 is 0 Å². The molecule has 4 rings (SSSR count). The number of fused-ring (bicyclic) bond motifs is 3. The minimum absolute atomic E-state index is 0.0385. The van der Waals surface area contributed by atoms with Crippen LogP contribution in [0.1, 0.15) is 52.9 Å². The average molecular weight is 280 g/mol. The van der Waals surface area contributed by atoms with E-state index in [1.165, 1.54) is 19.3 Å². The number of likely N-dealkylation sites (tertiary alicyclic amines) is 1. The Kier molecular flexibility index (Phi) is 3.57. The number of nitrogens with one attached hydrogen (secondary N) is 1. The van der Waals surface area contributed by atoms with Gasteiger partial charge in [-0.05, 0) is 71.9 Å². The van der Waals surface area contributed by atoms with E-state index in [4.69, 9.17) is 4.74 Å². The summed E-state index contributed by atoms with van der Waals surface area (Å²) in [6.07, 6.45) is 5.81. The fraction of sp³-hybridized carbons (Fsp3) is 0.938. The molecule has 0 spiro atoms. The van der Waals surface area contributed by atoms with E-state index in [9.17, 15) is 4.79 Å². The van der Waals surface area contributed by atoms with Gasteiger partial charge in [0, 0.05) is 0 Å². The lowest BCUT2D eigenvalue weighted by molar-refractivity contribution is -0.243. The number of rotatable bonds is 3. The van der Waals surface area contributed by atoms with Crippen molar-refractivity contribution in [3.05, 3.63) is 0 Å². The molecular weight excluding hydrogens is 252 g/mol. The summed E-state index contributed by atoms with van der Waals surface area (Å²) in [4.78, 5) is 14.5. The molecule has 1 saturated carbocycles. The van der Waals surface area contributed by atoms with E-state index in [1.807, 2.05) is 0 Å². The summed E-state index contributed by atoms with van der Waals surface area (Å²) in [5.74, 6) is 0.744. The number of amides is 1. The number of hydrogen-bond acceptors (Lipinski definition) is 3. The van der Waals surface area contributed by atoms with E-state index in [2.05, 4.69) is 31.0 Å². The second kappa shape index (κ2) is 4.99. The highest BCUT2D eigenvalue weighted by Crippen LogP contribution is 2.49. The van der Waals surface area contributed by atoms with Crippen LogP contribution < -0.4 is 5.32 Å². The topological polar surface area (TPSA) is 41.6 Å². The summed E-state index contributed by atoms with van der Waals surface area (Å²) in [6.45, 7) is 9.25. The van der Waals surface area contributed by atoms with Crippen LogP contribution >= 0.6 is 0 Å². The second-order valence-electron chi connectivity index (χ2n) is 7.59. The van der Waals surface area contributed by atoms with Gasteiger partial charge in [0.2, 0.25) is 5.91 Å². The number of ether oxygens (including phenoxy) is 1. The van der Waals surface area contributed by atoms with Crippen LogP contribution in [0.15, 0.2) is 0 Å². The molecule has 4 nitrogen and oxygen atoms in total.